The van der Waals surface area contributed by atoms with Crippen molar-refractivity contribution in [3.05, 3.63) is 80.0 Å². The van der Waals surface area contributed by atoms with E-state index in [1.165, 1.54) is 10.4 Å². The van der Waals surface area contributed by atoms with Crippen LogP contribution >= 0.6 is 27.3 Å². The number of halogens is 1. The molecule has 6 heteroatoms. The van der Waals surface area contributed by atoms with E-state index in [1.807, 2.05) is 29.2 Å². The zero-order valence-corrected chi connectivity index (χ0v) is 19.5. The number of nitrogens with zero attached hydrogens (tertiary/aromatic N) is 1. The molecule has 1 atom stereocenters. The fourth-order valence-electron chi connectivity index (χ4n) is 4.06. The summed E-state index contributed by atoms with van der Waals surface area (Å²) in [6, 6.07) is 16.3. The molecule has 4 nitrogen and oxygen atoms in total. The monoisotopic (exact) mass is 485 g/mol. The number of benzene rings is 2. The summed E-state index contributed by atoms with van der Waals surface area (Å²) in [4.78, 5) is 16.5. The van der Waals surface area contributed by atoms with Crippen molar-refractivity contribution in [2.75, 3.05) is 20.8 Å². The highest BCUT2D eigenvalue weighted by Gasteiger charge is 2.33. The number of hydrogen-bond acceptors (Lipinski definition) is 4. The molecule has 1 aliphatic heterocycles. The summed E-state index contributed by atoms with van der Waals surface area (Å²) in [6.07, 6.45) is 2.02. The van der Waals surface area contributed by atoms with Gasteiger partial charge in [-0.05, 0) is 65.2 Å². The summed E-state index contributed by atoms with van der Waals surface area (Å²) >= 11 is 5.19. The molecule has 1 aliphatic rings. The minimum Gasteiger partial charge on any atom is -0.493 e. The molecule has 0 bridgehead atoms. The zero-order valence-electron chi connectivity index (χ0n) is 17.1. The van der Waals surface area contributed by atoms with Crippen molar-refractivity contribution in [1.82, 2.24) is 4.90 Å². The number of carbonyl (C=O) groups is 1. The topological polar surface area (TPSA) is 38.8 Å². The van der Waals surface area contributed by atoms with E-state index >= 15 is 0 Å². The summed E-state index contributed by atoms with van der Waals surface area (Å²) in [5.41, 5.74) is 3.49. The van der Waals surface area contributed by atoms with Crippen molar-refractivity contribution in [2.45, 2.75) is 25.3 Å². The Hall–Kier alpha value is -2.31. The second-order valence-electron chi connectivity index (χ2n) is 7.29. The van der Waals surface area contributed by atoms with Gasteiger partial charge >= 0.3 is 0 Å². The van der Waals surface area contributed by atoms with Gasteiger partial charge in [0.05, 0.1) is 20.3 Å². The zero-order chi connectivity index (χ0) is 21.1. The third-order valence-corrected chi connectivity index (χ3v) is 6.94. The molecule has 1 unspecified atom stereocenters. The Morgan fingerprint density at radius 3 is 2.63 bits per heavy atom. The normalized spacial score (nSPS) is 15.6. The summed E-state index contributed by atoms with van der Waals surface area (Å²) < 4.78 is 12.1. The van der Waals surface area contributed by atoms with Crippen LogP contribution in [0.15, 0.2) is 58.4 Å². The van der Waals surface area contributed by atoms with Crippen molar-refractivity contribution >= 4 is 33.2 Å². The SMILES string of the molecule is COc1cc2c(cc1OC)C(c1cccs1)N(C(=O)CCc1cccc(Br)c1)CC2. The molecule has 1 amide bonds. The molecule has 4 rings (SSSR count). The van der Waals surface area contributed by atoms with Gasteiger partial charge in [0.1, 0.15) is 0 Å². The van der Waals surface area contributed by atoms with E-state index in [4.69, 9.17) is 9.47 Å². The number of carbonyl (C=O) groups excluding carboxylic acids is 1. The minimum absolute atomic E-state index is 0.0939. The van der Waals surface area contributed by atoms with Crippen molar-refractivity contribution in [3.63, 3.8) is 0 Å². The maximum absolute atomic E-state index is 13.3. The van der Waals surface area contributed by atoms with E-state index in [1.54, 1.807) is 25.6 Å². The Balaban J connectivity index is 1.64. The molecule has 0 aliphatic carbocycles. The summed E-state index contributed by atoms with van der Waals surface area (Å²) in [7, 11) is 3.30. The van der Waals surface area contributed by atoms with E-state index < -0.39 is 0 Å². The molecule has 1 aromatic heterocycles. The number of fused-ring (bicyclic) bond motifs is 1. The largest absolute Gasteiger partial charge is 0.493 e. The van der Waals surface area contributed by atoms with E-state index in [-0.39, 0.29) is 11.9 Å². The van der Waals surface area contributed by atoms with Crippen LogP contribution < -0.4 is 9.47 Å². The average molecular weight is 486 g/mol. The Morgan fingerprint density at radius 1 is 1.13 bits per heavy atom. The third-order valence-electron chi connectivity index (χ3n) is 5.52. The second kappa shape index (κ2) is 9.23. The van der Waals surface area contributed by atoms with Crippen molar-refractivity contribution in [3.8, 4) is 11.5 Å². The van der Waals surface area contributed by atoms with Crippen LogP contribution in [-0.2, 0) is 17.6 Å². The molecule has 3 aromatic rings. The van der Waals surface area contributed by atoms with E-state index in [0.29, 0.717) is 18.7 Å². The Morgan fingerprint density at radius 2 is 1.93 bits per heavy atom. The summed E-state index contributed by atoms with van der Waals surface area (Å²) in [5, 5.41) is 2.06. The summed E-state index contributed by atoms with van der Waals surface area (Å²) in [5.74, 6) is 1.60. The van der Waals surface area contributed by atoms with Crippen molar-refractivity contribution in [2.24, 2.45) is 0 Å². The fraction of sp³-hybridized carbons (Fsp3) is 0.292. The van der Waals surface area contributed by atoms with Crippen LogP contribution in [0.3, 0.4) is 0 Å². The van der Waals surface area contributed by atoms with Crippen LogP contribution in [0.5, 0.6) is 11.5 Å². The number of thiophene rings is 1. The quantitative estimate of drug-likeness (QED) is 0.453. The molecule has 30 heavy (non-hydrogen) atoms. The van der Waals surface area contributed by atoms with Crippen LogP contribution in [-0.4, -0.2) is 31.6 Å². The fourth-order valence-corrected chi connectivity index (χ4v) is 5.36. The van der Waals surface area contributed by atoms with Crippen LogP contribution in [0.4, 0.5) is 0 Å². The molecule has 0 N–H and O–H groups in total. The lowest BCUT2D eigenvalue weighted by molar-refractivity contribution is -0.133. The lowest BCUT2D eigenvalue weighted by Gasteiger charge is -2.37. The average Bonchev–Trinajstić information content (AvgIpc) is 3.30. The number of aryl methyl sites for hydroxylation is 1. The highest BCUT2D eigenvalue weighted by atomic mass is 79.9. The Labute approximate surface area is 189 Å². The molecular weight excluding hydrogens is 462 g/mol. The van der Waals surface area contributed by atoms with Crippen LogP contribution in [0, 0.1) is 0 Å². The van der Waals surface area contributed by atoms with Gasteiger partial charge in [0.25, 0.3) is 0 Å². The molecule has 2 aromatic carbocycles. The van der Waals surface area contributed by atoms with Gasteiger partial charge < -0.3 is 14.4 Å². The number of amides is 1. The maximum atomic E-state index is 13.3. The lowest BCUT2D eigenvalue weighted by atomic mass is 9.90. The van der Waals surface area contributed by atoms with E-state index in [9.17, 15) is 4.79 Å². The molecule has 0 saturated carbocycles. The maximum Gasteiger partial charge on any atom is 0.223 e. The van der Waals surface area contributed by atoms with Gasteiger partial charge in [0.2, 0.25) is 5.91 Å². The van der Waals surface area contributed by atoms with Crippen molar-refractivity contribution < 1.29 is 14.3 Å². The first-order chi connectivity index (χ1) is 14.6. The predicted molar refractivity (Wildman–Crippen MR) is 124 cm³/mol. The molecule has 2 heterocycles. The number of rotatable bonds is 6. The van der Waals surface area contributed by atoms with Gasteiger partial charge in [-0.3, -0.25) is 4.79 Å². The first kappa shape index (κ1) is 20.9. The van der Waals surface area contributed by atoms with Gasteiger partial charge in [0.15, 0.2) is 11.5 Å². The third kappa shape index (κ3) is 4.25. The van der Waals surface area contributed by atoms with Crippen LogP contribution in [0.25, 0.3) is 0 Å². The van der Waals surface area contributed by atoms with E-state index in [0.717, 1.165) is 34.2 Å². The highest BCUT2D eigenvalue weighted by Crippen LogP contribution is 2.42. The lowest BCUT2D eigenvalue weighted by Crippen LogP contribution is -2.40. The van der Waals surface area contributed by atoms with Gasteiger partial charge in [-0.15, -0.1) is 11.3 Å². The van der Waals surface area contributed by atoms with Gasteiger partial charge in [-0.2, -0.15) is 0 Å². The molecule has 0 fully saturated rings. The number of hydrogen-bond donors (Lipinski definition) is 0. The summed E-state index contributed by atoms with van der Waals surface area (Å²) in [6.45, 7) is 0.697. The van der Waals surface area contributed by atoms with E-state index in [2.05, 4.69) is 45.6 Å². The van der Waals surface area contributed by atoms with Gasteiger partial charge in [0, 0.05) is 22.3 Å². The number of methoxy groups -OCH3 is 2. The molecular formula is C24H24BrNO3S. The number of ether oxygens (including phenoxy) is 2. The molecule has 0 spiro atoms. The van der Waals surface area contributed by atoms with Gasteiger partial charge in [-0.1, -0.05) is 34.1 Å². The molecule has 156 valence electrons. The molecule has 0 saturated heterocycles. The minimum atomic E-state index is -0.0939. The van der Waals surface area contributed by atoms with Crippen LogP contribution in [0.1, 0.15) is 34.0 Å². The predicted octanol–water partition coefficient (Wildman–Crippen LogP) is 5.63. The standard InChI is InChI=1S/C24H24BrNO3S/c1-28-20-14-17-10-11-26(23(27)9-8-16-5-3-6-18(25)13-16)24(22-7-4-12-30-22)19(17)15-21(20)29-2/h3-7,12-15,24H,8-11H2,1-2H3. The Kier molecular flexibility index (Phi) is 6.44. The first-order valence-corrected chi connectivity index (χ1v) is 11.6. The van der Waals surface area contributed by atoms with Crippen molar-refractivity contribution in [1.29, 1.82) is 0 Å². The highest BCUT2D eigenvalue weighted by molar-refractivity contribution is 9.10. The van der Waals surface area contributed by atoms with Crippen LogP contribution in [0.2, 0.25) is 0 Å². The second-order valence-corrected chi connectivity index (χ2v) is 9.19. The van der Waals surface area contributed by atoms with Gasteiger partial charge in [-0.25, -0.2) is 0 Å². The Bertz CT molecular complexity index is 1030. The smallest absolute Gasteiger partial charge is 0.223 e. The molecule has 0 radical (unpaired) electrons. The first-order valence-electron chi connectivity index (χ1n) is 9.93.